The molecule has 0 aromatic carbocycles. The Kier molecular flexibility index (Phi) is 5.65. The van der Waals surface area contributed by atoms with Gasteiger partial charge in [0.2, 0.25) is 5.91 Å². The van der Waals surface area contributed by atoms with Crippen molar-refractivity contribution in [3.05, 3.63) is 17.5 Å². The molecule has 0 bridgehead atoms. The monoisotopic (exact) mass is 362 g/mol. The van der Waals surface area contributed by atoms with E-state index in [9.17, 15) is 14.7 Å². The van der Waals surface area contributed by atoms with Crippen LogP contribution in [0.15, 0.2) is 6.20 Å². The highest BCUT2D eigenvalue weighted by atomic mass is 16.3. The Labute approximate surface area is 155 Å². The summed E-state index contributed by atoms with van der Waals surface area (Å²) in [5.74, 6) is 0.166. The highest BCUT2D eigenvalue weighted by molar-refractivity contribution is 5.95. The molecule has 0 saturated carbocycles. The number of carbonyl (C=O) groups is 2. The quantitative estimate of drug-likeness (QED) is 0.860. The molecule has 0 radical (unpaired) electrons. The third-order valence-corrected chi connectivity index (χ3v) is 5.84. The van der Waals surface area contributed by atoms with Crippen molar-refractivity contribution >= 4 is 11.8 Å². The van der Waals surface area contributed by atoms with Crippen molar-refractivity contribution in [3.8, 4) is 0 Å². The first kappa shape index (κ1) is 18.9. The van der Waals surface area contributed by atoms with Crippen LogP contribution >= 0.6 is 0 Å². The molecule has 2 saturated heterocycles. The number of hydrogen-bond acceptors (Lipinski definition) is 4. The van der Waals surface area contributed by atoms with E-state index in [1.165, 1.54) is 0 Å². The molecule has 1 atom stereocenters. The average Bonchev–Trinajstić information content (AvgIpc) is 2.99. The molecule has 1 unspecified atom stereocenters. The molecule has 1 aromatic heterocycles. The minimum atomic E-state index is -0.0374. The maximum absolute atomic E-state index is 13.1. The van der Waals surface area contributed by atoms with E-state index in [1.807, 2.05) is 16.5 Å². The van der Waals surface area contributed by atoms with Crippen molar-refractivity contribution in [1.29, 1.82) is 0 Å². The number of piperidine rings is 2. The zero-order valence-corrected chi connectivity index (χ0v) is 15.9. The molecule has 3 heterocycles. The van der Waals surface area contributed by atoms with Crippen LogP contribution < -0.4 is 0 Å². The Morgan fingerprint density at radius 2 is 2.12 bits per heavy atom. The number of nitrogens with zero attached hydrogens (tertiary/aromatic N) is 4. The zero-order chi connectivity index (χ0) is 18.7. The number of aliphatic hydroxyl groups excluding tert-OH is 1. The molecule has 7 nitrogen and oxygen atoms in total. The molecule has 26 heavy (non-hydrogen) atoms. The Morgan fingerprint density at radius 1 is 1.31 bits per heavy atom. The largest absolute Gasteiger partial charge is 0.395 e. The standard InChI is InChI=1S/C19H30N4O3/c1-3-8-23-15(2)16(12-20-23)18(26)22-9-4-6-19(14-22)7-5-17(25)21(13-19)10-11-24/h12,24H,3-11,13-14H2,1-2H3. The maximum Gasteiger partial charge on any atom is 0.257 e. The van der Waals surface area contributed by atoms with E-state index in [4.69, 9.17) is 0 Å². The number of aryl methyl sites for hydroxylation is 1. The van der Waals surface area contributed by atoms with Crippen molar-refractivity contribution in [2.45, 2.75) is 52.5 Å². The van der Waals surface area contributed by atoms with Crippen LogP contribution in [0.3, 0.4) is 0 Å². The second-order valence-electron chi connectivity index (χ2n) is 7.74. The molecular weight excluding hydrogens is 332 g/mol. The van der Waals surface area contributed by atoms with Crippen LogP contribution in [0.25, 0.3) is 0 Å². The smallest absolute Gasteiger partial charge is 0.257 e. The van der Waals surface area contributed by atoms with Gasteiger partial charge in [0.1, 0.15) is 0 Å². The highest BCUT2D eigenvalue weighted by Gasteiger charge is 2.42. The maximum atomic E-state index is 13.1. The van der Waals surface area contributed by atoms with Crippen molar-refractivity contribution in [3.63, 3.8) is 0 Å². The average molecular weight is 362 g/mol. The van der Waals surface area contributed by atoms with Crippen molar-refractivity contribution < 1.29 is 14.7 Å². The number of hydrogen-bond donors (Lipinski definition) is 1. The summed E-state index contributed by atoms with van der Waals surface area (Å²) in [7, 11) is 0. The van der Waals surface area contributed by atoms with Gasteiger partial charge in [-0.3, -0.25) is 14.3 Å². The summed E-state index contributed by atoms with van der Waals surface area (Å²) in [6, 6.07) is 0. The van der Waals surface area contributed by atoms with Crippen LogP contribution in [0.2, 0.25) is 0 Å². The lowest BCUT2D eigenvalue weighted by Gasteiger charge is -2.48. The number of amides is 2. The van der Waals surface area contributed by atoms with Gasteiger partial charge < -0.3 is 14.9 Å². The lowest BCUT2D eigenvalue weighted by atomic mass is 9.73. The molecular formula is C19H30N4O3. The fourth-order valence-corrected chi connectivity index (χ4v) is 4.41. The molecule has 2 aliphatic rings. The van der Waals surface area contributed by atoms with Gasteiger partial charge in [0.25, 0.3) is 5.91 Å². The Hall–Kier alpha value is -1.89. The van der Waals surface area contributed by atoms with Gasteiger partial charge in [-0.2, -0.15) is 5.10 Å². The second-order valence-corrected chi connectivity index (χ2v) is 7.74. The fraction of sp³-hybridized carbons (Fsp3) is 0.737. The van der Waals surface area contributed by atoms with E-state index in [1.54, 1.807) is 11.1 Å². The minimum absolute atomic E-state index is 0.0136. The summed E-state index contributed by atoms with van der Waals surface area (Å²) in [6.07, 6.45) is 5.99. The summed E-state index contributed by atoms with van der Waals surface area (Å²) in [4.78, 5) is 28.9. The number of rotatable bonds is 5. The normalized spacial score (nSPS) is 23.7. The van der Waals surface area contributed by atoms with Crippen molar-refractivity contribution in [2.75, 3.05) is 32.8 Å². The summed E-state index contributed by atoms with van der Waals surface area (Å²) in [5, 5.41) is 13.6. The third kappa shape index (κ3) is 3.63. The van der Waals surface area contributed by atoms with Crippen LogP contribution in [0, 0.1) is 12.3 Å². The lowest BCUT2D eigenvalue weighted by molar-refractivity contribution is -0.139. The van der Waals surface area contributed by atoms with Gasteiger partial charge in [0.05, 0.1) is 18.4 Å². The first-order chi connectivity index (χ1) is 12.5. The van der Waals surface area contributed by atoms with Gasteiger partial charge >= 0.3 is 0 Å². The molecule has 3 rings (SSSR count). The van der Waals surface area contributed by atoms with Crippen LogP contribution in [-0.4, -0.2) is 69.3 Å². The molecule has 144 valence electrons. The molecule has 2 amide bonds. The predicted octanol–water partition coefficient (Wildman–Crippen LogP) is 1.44. The van der Waals surface area contributed by atoms with E-state index in [2.05, 4.69) is 12.0 Å². The van der Waals surface area contributed by atoms with Crippen LogP contribution in [0.4, 0.5) is 0 Å². The van der Waals surface area contributed by atoms with E-state index >= 15 is 0 Å². The number of β-amino-alcohol motifs (C(OH)–C–C–N with tert-alkyl or cyclic N) is 1. The summed E-state index contributed by atoms with van der Waals surface area (Å²) in [5.41, 5.74) is 1.58. The molecule has 7 heteroatoms. The summed E-state index contributed by atoms with van der Waals surface area (Å²) >= 11 is 0. The highest BCUT2D eigenvalue weighted by Crippen LogP contribution is 2.39. The van der Waals surface area contributed by atoms with Crippen LogP contribution in [0.5, 0.6) is 0 Å². The molecule has 1 spiro atoms. The van der Waals surface area contributed by atoms with E-state index in [-0.39, 0.29) is 23.8 Å². The van der Waals surface area contributed by atoms with E-state index in [0.29, 0.717) is 31.6 Å². The van der Waals surface area contributed by atoms with Crippen LogP contribution in [0.1, 0.15) is 55.1 Å². The summed E-state index contributed by atoms with van der Waals surface area (Å²) in [6.45, 7) is 7.33. The number of aliphatic hydroxyl groups is 1. The van der Waals surface area contributed by atoms with Gasteiger partial charge in [-0.1, -0.05) is 6.92 Å². The van der Waals surface area contributed by atoms with E-state index in [0.717, 1.165) is 44.5 Å². The Balaban J connectivity index is 1.74. The molecule has 1 N–H and O–H groups in total. The number of aromatic nitrogens is 2. The third-order valence-electron chi connectivity index (χ3n) is 5.84. The topological polar surface area (TPSA) is 78.7 Å². The van der Waals surface area contributed by atoms with Crippen molar-refractivity contribution in [1.82, 2.24) is 19.6 Å². The Bertz CT molecular complexity index is 672. The molecule has 2 fully saturated rings. The predicted molar refractivity (Wildman–Crippen MR) is 97.7 cm³/mol. The van der Waals surface area contributed by atoms with Gasteiger partial charge in [0, 0.05) is 50.3 Å². The second kappa shape index (κ2) is 7.78. The first-order valence-electron chi connectivity index (χ1n) is 9.70. The first-order valence-corrected chi connectivity index (χ1v) is 9.70. The lowest BCUT2D eigenvalue weighted by Crippen LogP contribution is -2.55. The van der Waals surface area contributed by atoms with Gasteiger partial charge in [0.15, 0.2) is 0 Å². The fourth-order valence-electron chi connectivity index (χ4n) is 4.41. The Morgan fingerprint density at radius 3 is 2.85 bits per heavy atom. The summed E-state index contributed by atoms with van der Waals surface area (Å²) < 4.78 is 1.90. The van der Waals surface area contributed by atoms with Gasteiger partial charge in [-0.15, -0.1) is 0 Å². The zero-order valence-electron chi connectivity index (χ0n) is 15.9. The number of carbonyl (C=O) groups excluding carboxylic acids is 2. The van der Waals surface area contributed by atoms with Gasteiger partial charge in [-0.25, -0.2) is 0 Å². The molecule has 1 aromatic rings. The minimum Gasteiger partial charge on any atom is -0.395 e. The van der Waals surface area contributed by atoms with Crippen LogP contribution in [-0.2, 0) is 11.3 Å². The van der Waals surface area contributed by atoms with E-state index < -0.39 is 0 Å². The number of likely N-dealkylation sites (tertiary alicyclic amines) is 2. The molecule has 0 aliphatic carbocycles. The molecule has 2 aliphatic heterocycles. The van der Waals surface area contributed by atoms with Crippen molar-refractivity contribution in [2.24, 2.45) is 5.41 Å². The SMILES string of the molecule is CCCn1ncc(C(=O)N2CCCC3(CCC(=O)N(CCO)C3)C2)c1C. The van der Waals surface area contributed by atoms with Gasteiger partial charge in [-0.05, 0) is 32.6 Å².